The lowest BCUT2D eigenvalue weighted by Crippen LogP contribution is -2.07. The van der Waals surface area contributed by atoms with Gasteiger partial charge in [0.25, 0.3) is 0 Å². The predicted octanol–water partition coefficient (Wildman–Crippen LogP) is 4.25. The molecule has 24 heavy (non-hydrogen) atoms. The lowest BCUT2D eigenvalue weighted by molar-refractivity contribution is 0.0465. The molecule has 0 saturated heterocycles. The van der Waals surface area contributed by atoms with E-state index in [-0.39, 0.29) is 6.61 Å². The molecule has 1 aromatic carbocycles. The molecule has 0 aliphatic carbocycles. The number of carbonyl (C=O) groups excluding carboxylic acids is 1. The summed E-state index contributed by atoms with van der Waals surface area (Å²) in [4.78, 5) is 16.8. The second-order valence-electron chi connectivity index (χ2n) is 4.80. The molecule has 0 radical (unpaired) electrons. The number of methoxy groups -OCH3 is 2. The van der Waals surface area contributed by atoms with Crippen LogP contribution in [0.4, 0.5) is 0 Å². The van der Waals surface area contributed by atoms with Crippen molar-refractivity contribution >= 4 is 28.6 Å². The predicted molar refractivity (Wildman–Crippen MR) is 94.1 cm³/mol. The first-order chi connectivity index (χ1) is 11.7. The van der Waals surface area contributed by atoms with Crippen molar-refractivity contribution in [1.29, 1.82) is 0 Å². The number of ether oxygens (including phenoxy) is 3. The molecular weight excluding hydrogens is 346 g/mol. The Morgan fingerprint density at radius 1 is 1.17 bits per heavy atom. The highest BCUT2D eigenvalue weighted by Gasteiger charge is 2.15. The largest absolute Gasteiger partial charge is 0.497 e. The van der Waals surface area contributed by atoms with Crippen LogP contribution in [0.15, 0.2) is 40.4 Å². The lowest BCUT2D eigenvalue weighted by atomic mass is 10.2. The van der Waals surface area contributed by atoms with Crippen LogP contribution in [-0.2, 0) is 11.3 Å². The zero-order chi connectivity index (χ0) is 16.9. The van der Waals surface area contributed by atoms with Crippen LogP contribution in [0.25, 0.3) is 10.6 Å². The number of thiazole rings is 1. The molecule has 124 valence electrons. The third-order valence-corrected chi connectivity index (χ3v) is 4.92. The molecule has 0 amide bonds. The summed E-state index contributed by atoms with van der Waals surface area (Å²) in [6.45, 7) is 0.120. The molecule has 0 spiro atoms. The average Bonchev–Trinajstić information content (AvgIpc) is 3.30. The number of carbonyl (C=O) groups is 1. The number of rotatable bonds is 6. The van der Waals surface area contributed by atoms with Crippen LogP contribution in [-0.4, -0.2) is 25.2 Å². The van der Waals surface area contributed by atoms with Gasteiger partial charge in [-0.2, -0.15) is 11.3 Å². The number of benzene rings is 1. The third-order valence-electron chi connectivity index (χ3n) is 3.30. The van der Waals surface area contributed by atoms with E-state index in [9.17, 15) is 4.79 Å². The van der Waals surface area contributed by atoms with Gasteiger partial charge in [0, 0.05) is 22.4 Å². The van der Waals surface area contributed by atoms with E-state index in [1.54, 1.807) is 36.6 Å². The van der Waals surface area contributed by atoms with E-state index >= 15 is 0 Å². The summed E-state index contributed by atoms with van der Waals surface area (Å²) in [5, 5.41) is 6.86. The lowest BCUT2D eigenvalue weighted by Gasteiger charge is -2.09. The summed E-state index contributed by atoms with van der Waals surface area (Å²) >= 11 is 3.15. The molecular formula is C17H15NO4S2. The molecule has 0 N–H and O–H groups in total. The van der Waals surface area contributed by atoms with E-state index in [2.05, 4.69) is 4.98 Å². The molecule has 2 aromatic heterocycles. The van der Waals surface area contributed by atoms with Crippen LogP contribution < -0.4 is 9.47 Å². The summed E-state index contributed by atoms with van der Waals surface area (Å²) < 4.78 is 15.7. The van der Waals surface area contributed by atoms with E-state index < -0.39 is 5.97 Å². The van der Waals surface area contributed by atoms with E-state index in [0.29, 0.717) is 17.1 Å². The Morgan fingerprint density at radius 2 is 2.04 bits per heavy atom. The van der Waals surface area contributed by atoms with Crippen molar-refractivity contribution in [3.63, 3.8) is 0 Å². The summed E-state index contributed by atoms with van der Waals surface area (Å²) in [5.74, 6) is 0.569. The number of thiophene rings is 1. The van der Waals surface area contributed by atoms with Crippen LogP contribution in [0.1, 0.15) is 16.1 Å². The van der Waals surface area contributed by atoms with Gasteiger partial charge >= 0.3 is 5.97 Å². The van der Waals surface area contributed by atoms with E-state index in [4.69, 9.17) is 14.2 Å². The molecule has 0 unspecified atom stereocenters. The van der Waals surface area contributed by atoms with Crippen LogP contribution in [0.2, 0.25) is 0 Å². The standard InChI is InChI=1S/C17H15NO4S2/c1-20-13-3-4-14(15(7-13)21-2)17(19)22-8-12-10-24-16(18-12)11-5-6-23-9-11/h3-7,9-10H,8H2,1-2H3. The highest BCUT2D eigenvalue weighted by Crippen LogP contribution is 2.27. The Hall–Kier alpha value is -2.38. The molecule has 0 fully saturated rings. The average molecular weight is 361 g/mol. The molecule has 3 aromatic rings. The minimum Gasteiger partial charge on any atom is -0.497 e. The fourth-order valence-electron chi connectivity index (χ4n) is 2.08. The van der Waals surface area contributed by atoms with Crippen LogP contribution >= 0.6 is 22.7 Å². The van der Waals surface area contributed by atoms with Crippen molar-refractivity contribution < 1.29 is 19.0 Å². The van der Waals surface area contributed by atoms with Gasteiger partial charge < -0.3 is 14.2 Å². The van der Waals surface area contributed by atoms with Crippen molar-refractivity contribution in [2.75, 3.05) is 14.2 Å². The molecule has 3 rings (SSSR count). The maximum absolute atomic E-state index is 12.3. The zero-order valence-corrected chi connectivity index (χ0v) is 14.8. The molecule has 0 saturated carbocycles. The van der Waals surface area contributed by atoms with Gasteiger partial charge in [-0.25, -0.2) is 9.78 Å². The molecule has 0 aliphatic heterocycles. The summed E-state index contributed by atoms with van der Waals surface area (Å²) in [5.41, 5.74) is 2.16. The Labute approximate surface area is 147 Å². The minimum absolute atomic E-state index is 0.120. The van der Waals surface area contributed by atoms with E-state index in [0.717, 1.165) is 16.3 Å². The first-order valence-electron chi connectivity index (χ1n) is 7.07. The minimum atomic E-state index is -0.459. The van der Waals surface area contributed by atoms with E-state index in [1.165, 1.54) is 18.4 Å². The normalized spacial score (nSPS) is 10.4. The summed E-state index contributed by atoms with van der Waals surface area (Å²) in [7, 11) is 3.05. The van der Waals surface area contributed by atoms with Crippen molar-refractivity contribution in [2.45, 2.75) is 6.61 Å². The maximum Gasteiger partial charge on any atom is 0.342 e. The van der Waals surface area contributed by atoms with Gasteiger partial charge in [0.15, 0.2) is 0 Å². The van der Waals surface area contributed by atoms with Gasteiger partial charge in [0.05, 0.1) is 19.9 Å². The molecule has 7 heteroatoms. The van der Waals surface area contributed by atoms with Gasteiger partial charge in [-0.1, -0.05) is 0 Å². The number of hydrogen-bond donors (Lipinski definition) is 0. The van der Waals surface area contributed by atoms with Gasteiger partial charge in [-0.15, -0.1) is 11.3 Å². The first kappa shape index (κ1) is 16.5. The number of nitrogens with zero attached hydrogens (tertiary/aromatic N) is 1. The Balaban J connectivity index is 1.67. The molecule has 5 nitrogen and oxygen atoms in total. The number of esters is 1. The van der Waals surface area contributed by atoms with Crippen LogP contribution in [0, 0.1) is 0 Å². The molecule has 0 bridgehead atoms. The van der Waals surface area contributed by atoms with Crippen LogP contribution in [0.3, 0.4) is 0 Å². The van der Waals surface area contributed by atoms with Crippen molar-refractivity contribution in [2.24, 2.45) is 0 Å². The maximum atomic E-state index is 12.3. The monoisotopic (exact) mass is 361 g/mol. The number of aromatic nitrogens is 1. The van der Waals surface area contributed by atoms with Crippen molar-refractivity contribution in [3.05, 3.63) is 51.7 Å². The first-order valence-corrected chi connectivity index (χ1v) is 8.89. The van der Waals surface area contributed by atoms with Gasteiger partial charge in [0.1, 0.15) is 28.7 Å². The van der Waals surface area contributed by atoms with Gasteiger partial charge in [-0.05, 0) is 23.6 Å². The molecule has 2 heterocycles. The summed E-state index contributed by atoms with van der Waals surface area (Å²) in [6.07, 6.45) is 0. The van der Waals surface area contributed by atoms with Gasteiger partial charge in [-0.3, -0.25) is 0 Å². The quantitative estimate of drug-likeness (QED) is 0.615. The second kappa shape index (κ2) is 7.46. The third kappa shape index (κ3) is 3.58. The molecule has 0 aliphatic rings. The van der Waals surface area contributed by atoms with E-state index in [1.807, 2.05) is 22.2 Å². The van der Waals surface area contributed by atoms with Crippen LogP contribution in [0.5, 0.6) is 11.5 Å². The SMILES string of the molecule is COc1ccc(C(=O)OCc2csc(-c3ccsc3)n2)c(OC)c1. The number of hydrogen-bond acceptors (Lipinski definition) is 7. The van der Waals surface area contributed by atoms with Crippen molar-refractivity contribution in [3.8, 4) is 22.1 Å². The highest BCUT2D eigenvalue weighted by atomic mass is 32.1. The Morgan fingerprint density at radius 3 is 2.75 bits per heavy atom. The topological polar surface area (TPSA) is 57.7 Å². The van der Waals surface area contributed by atoms with Gasteiger partial charge in [0.2, 0.25) is 0 Å². The fraction of sp³-hybridized carbons (Fsp3) is 0.176. The summed E-state index contributed by atoms with van der Waals surface area (Å²) in [6, 6.07) is 6.98. The zero-order valence-electron chi connectivity index (χ0n) is 13.1. The fourth-order valence-corrected chi connectivity index (χ4v) is 3.59. The smallest absolute Gasteiger partial charge is 0.342 e. The Kier molecular flexibility index (Phi) is 5.12. The highest BCUT2D eigenvalue weighted by molar-refractivity contribution is 7.14. The second-order valence-corrected chi connectivity index (χ2v) is 6.44. The Bertz CT molecular complexity index is 827. The van der Waals surface area contributed by atoms with Crippen molar-refractivity contribution in [1.82, 2.24) is 4.98 Å². The molecule has 0 atom stereocenters.